The number of hydrogen-bond donors (Lipinski definition) is 1. The van der Waals surface area contributed by atoms with Crippen molar-refractivity contribution >= 4 is 27.5 Å². The number of amides is 1. The van der Waals surface area contributed by atoms with Crippen LogP contribution in [0.2, 0.25) is 5.02 Å². The summed E-state index contributed by atoms with van der Waals surface area (Å²) in [5, 5.41) is 4.24. The SMILES string of the molecule is CC(C)(C)c1ccc(S(=O)(=O)NC(=O)c2cc(-n3cccn3)ccc2Cl)cc1. The monoisotopic (exact) mass is 417 g/mol. The molecule has 0 saturated heterocycles. The van der Waals surface area contributed by atoms with Gasteiger partial charge in [-0.05, 0) is 47.4 Å². The zero-order valence-corrected chi connectivity index (χ0v) is 17.3. The first kappa shape index (κ1) is 20.1. The summed E-state index contributed by atoms with van der Waals surface area (Å²) in [6, 6.07) is 12.9. The molecule has 1 amide bonds. The largest absolute Gasteiger partial charge is 0.268 e. The minimum absolute atomic E-state index is 0.00760. The van der Waals surface area contributed by atoms with E-state index in [0.717, 1.165) is 5.56 Å². The molecule has 2 aromatic carbocycles. The molecule has 3 rings (SSSR count). The highest BCUT2D eigenvalue weighted by molar-refractivity contribution is 7.90. The van der Waals surface area contributed by atoms with Crippen LogP contribution in [-0.2, 0) is 15.4 Å². The van der Waals surface area contributed by atoms with Crippen LogP contribution < -0.4 is 4.72 Å². The third kappa shape index (κ3) is 4.26. The predicted octanol–water partition coefficient (Wildman–Crippen LogP) is 3.94. The lowest BCUT2D eigenvalue weighted by Crippen LogP contribution is -2.31. The summed E-state index contributed by atoms with van der Waals surface area (Å²) in [5.74, 6) is -0.807. The van der Waals surface area contributed by atoms with Gasteiger partial charge in [0.1, 0.15) is 0 Å². The molecule has 1 N–H and O–H groups in total. The summed E-state index contributed by atoms with van der Waals surface area (Å²) in [7, 11) is -4.03. The molecule has 146 valence electrons. The van der Waals surface area contributed by atoms with E-state index < -0.39 is 15.9 Å². The lowest BCUT2D eigenvalue weighted by molar-refractivity contribution is 0.0981. The molecule has 0 unspecified atom stereocenters. The van der Waals surface area contributed by atoms with E-state index in [1.807, 2.05) is 20.8 Å². The van der Waals surface area contributed by atoms with E-state index in [2.05, 4.69) is 9.82 Å². The van der Waals surface area contributed by atoms with Crippen molar-refractivity contribution in [3.63, 3.8) is 0 Å². The molecular weight excluding hydrogens is 398 g/mol. The molecule has 0 bridgehead atoms. The highest BCUT2D eigenvalue weighted by atomic mass is 35.5. The predicted molar refractivity (Wildman–Crippen MR) is 108 cm³/mol. The maximum atomic E-state index is 12.6. The van der Waals surface area contributed by atoms with Crippen molar-refractivity contribution in [3.8, 4) is 5.69 Å². The molecule has 0 saturated carbocycles. The van der Waals surface area contributed by atoms with Crippen molar-refractivity contribution in [2.75, 3.05) is 0 Å². The number of nitrogens with one attached hydrogen (secondary N) is 1. The summed E-state index contributed by atoms with van der Waals surface area (Å²) in [4.78, 5) is 12.6. The van der Waals surface area contributed by atoms with Crippen molar-refractivity contribution in [1.29, 1.82) is 0 Å². The first-order valence-corrected chi connectivity index (χ1v) is 10.4. The molecule has 0 aliphatic heterocycles. The average molecular weight is 418 g/mol. The first-order valence-electron chi connectivity index (χ1n) is 8.55. The highest BCUT2D eigenvalue weighted by Gasteiger charge is 2.22. The Morgan fingerprint density at radius 2 is 1.79 bits per heavy atom. The number of aromatic nitrogens is 2. The maximum absolute atomic E-state index is 12.6. The summed E-state index contributed by atoms with van der Waals surface area (Å²) in [5.41, 5.74) is 1.52. The molecule has 3 aromatic rings. The molecule has 1 aromatic heterocycles. The second kappa shape index (κ2) is 7.41. The van der Waals surface area contributed by atoms with Crippen LogP contribution in [0.3, 0.4) is 0 Å². The molecule has 0 radical (unpaired) electrons. The van der Waals surface area contributed by atoms with Crippen molar-refractivity contribution in [1.82, 2.24) is 14.5 Å². The molecule has 0 aliphatic rings. The zero-order valence-electron chi connectivity index (χ0n) is 15.7. The van der Waals surface area contributed by atoms with Gasteiger partial charge in [0.25, 0.3) is 15.9 Å². The van der Waals surface area contributed by atoms with Crippen LogP contribution in [0.5, 0.6) is 0 Å². The van der Waals surface area contributed by atoms with Crippen LogP contribution >= 0.6 is 11.6 Å². The van der Waals surface area contributed by atoms with E-state index in [1.165, 1.54) is 24.3 Å². The Bertz CT molecular complexity index is 1100. The minimum atomic E-state index is -4.03. The molecule has 0 fully saturated rings. The van der Waals surface area contributed by atoms with Crippen LogP contribution in [0, 0.1) is 0 Å². The normalized spacial score (nSPS) is 12.0. The molecule has 0 atom stereocenters. The Balaban J connectivity index is 1.87. The van der Waals surface area contributed by atoms with E-state index in [-0.39, 0.29) is 20.9 Å². The maximum Gasteiger partial charge on any atom is 0.266 e. The van der Waals surface area contributed by atoms with Crippen LogP contribution in [0.25, 0.3) is 5.69 Å². The minimum Gasteiger partial charge on any atom is -0.268 e. The summed E-state index contributed by atoms with van der Waals surface area (Å²) >= 11 is 6.11. The second-order valence-electron chi connectivity index (χ2n) is 7.32. The van der Waals surface area contributed by atoms with Gasteiger partial charge in [0.15, 0.2) is 0 Å². The van der Waals surface area contributed by atoms with Gasteiger partial charge in [0, 0.05) is 12.4 Å². The Hall–Kier alpha value is -2.64. The topological polar surface area (TPSA) is 81.1 Å². The van der Waals surface area contributed by atoms with Gasteiger partial charge in [-0.2, -0.15) is 5.10 Å². The van der Waals surface area contributed by atoms with Gasteiger partial charge in [0.05, 0.1) is 21.2 Å². The van der Waals surface area contributed by atoms with Gasteiger partial charge in [-0.3, -0.25) is 4.79 Å². The standard InChI is InChI=1S/C20H20ClN3O3S/c1-20(2,3)14-5-8-16(9-6-14)28(26,27)23-19(25)17-13-15(7-10-18(17)21)24-12-4-11-22-24/h4-13H,1-3H3,(H,23,25). The Kier molecular flexibility index (Phi) is 5.32. The first-order chi connectivity index (χ1) is 13.1. The van der Waals surface area contributed by atoms with Gasteiger partial charge < -0.3 is 0 Å². The summed E-state index contributed by atoms with van der Waals surface area (Å²) in [6.45, 7) is 6.10. The van der Waals surface area contributed by atoms with E-state index in [0.29, 0.717) is 5.69 Å². The number of hydrogen-bond acceptors (Lipinski definition) is 4. The fourth-order valence-corrected chi connectivity index (χ4v) is 3.79. The number of nitrogens with zero attached hydrogens (tertiary/aromatic N) is 2. The lowest BCUT2D eigenvalue weighted by atomic mass is 9.87. The van der Waals surface area contributed by atoms with Gasteiger partial charge in [-0.15, -0.1) is 0 Å². The van der Waals surface area contributed by atoms with Gasteiger partial charge in [0.2, 0.25) is 0 Å². The molecule has 0 spiro atoms. The van der Waals surface area contributed by atoms with Crippen LogP contribution in [0.15, 0.2) is 65.8 Å². The quantitative estimate of drug-likeness (QED) is 0.697. The fraction of sp³-hybridized carbons (Fsp3) is 0.200. The van der Waals surface area contributed by atoms with Crippen LogP contribution in [0.4, 0.5) is 0 Å². The molecule has 6 nitrogen and oxygen atoms in total. The molecule has 8 heteroatoms. The number of rotatable bonds is 4. The smallest absolute Gasteiger partial charge is 0.266 e. The van der Waals surface area contributed by atoms with Gasteiger partial charge in [-0.1, -0.05) is 44.5 Å². The lowest BCUT2D eigenvalue weighted by Gasteiger charge is -2.19. The van der Waals surface area contributed by atoms with E-state index in [9.17, 15) is 13.2 Å². The van der Waals surface area contributed by atoms with E-state index >= 15 is 0 Å². The Labute approximate surface area is 169 Å². The van der Waals surface area contributed by atoms with Gasteiger partial charge >= 0.3 is 0 Å². The molecular formula is C20H20ClN3O3S. The third-order valence-electron chi connectivity index (χ3n) is 4.22. The summed E-state index contributed by atoms with van der Waals surface area (Å²) < 4.78 is 28.8. The van der Waals surface area contributed by atoms with Crippen molar-refractivity contribution < 1.29 is 13.2 Å². The van der Waals surface area contributed by atoms with Crippen LogP contribution in [0.1, 0.15) is 36.7 Å². The number of benzene rings is 2. The second-order valence-corrected chi connectivity index (χ2v) is 9.41. The summed E-state index contributed by atoms with van der Waals surface area (Å²) in [6.07, 6.45) is 3.30. The van der Waals surface area contributed by atoms with E-state index in [4.69, 9.17) is 11.6 Å². The number of halogens is 1. The Morgan fingerprint density at radius 3 is 2.36 bits per heavy atom. The Morgan fingerprint density at radius 1 is 1.11 bits per heavy atom. The van der Waals surface area contributed by atoms with Crippen molar-refractivity contribution in [3.05, 3.63) is 77.1 Å². The number of carbonyl (C=O) groups is 1. The van der Waals surface area contributed by atoms with Crippen molar-refractivity contribution in [2.24, 2.45) is 0 Å². The molecule has 0 aliphatic carbocycles. The number of sulfonamides is 1. The zero-order chi connectivity index (χ0) is 20.5. The molecule has 28 heavy (non-hydrogen) atoms. The van der Waals surface area contributed by atoms with Crippen LogP contribution in [-0.4, -0.2) is 24.1 Å². The fourth-order valence-electron chi connectivity index (χ4n) is 2.62. The third-order valence-corrected chi connectivity index (χ3v) is 5.90. The average Bonchev–Trinajstić information content (AvgIpc) is 3.15. The number of carbonyl (C=O) groups excluding carboxylic acids is 1. The molecule has 1 heterocycles. The van der Waals surface area contributed by atoms with Crippen molar-refractivity contribution in [2.45, 2.75) is 31.1 Å². The van der Waals surface area contributed by atoms with E-state index in [1.54, 1.807) is 41.3 Å². The van der Waals surface area contributed by atoms with Gasteiger partial charge in [-0.25, -0.2) is 17.8 Å². The highest BCUT2D eigenvalue weighted by Crippen LogP contribution is 2.24.